The molecule has 21 heavy (non-hydrogen) atoms. The van der Waals surface area contributed by atoms with Crippen molar-refractivity contribution in [1.29, 1.82) is 0 Å². The number of nitrogens with zero attached hydrogens (tertiary/aromatic N) is 2. The fourth-order valence-electron chi connectivity index (χ4n) is 2.40. The molecule has 0 spiro atoms. The maximum atomic E-state index is 12.4. The minimum absolute atomic E-state index is 0.161. The molecule has 3 rings (SSSR count). The number of carbonyl (C=O) groups excluding carboxylic acids is 1. The number of rotatable bonds is 2. The van der Waals surface area contributed by atoms with Crippen LogP contribution in [0.15, 0.2) is 27.5 Å². The largest absolute Gasteiger partial charge is 0.445 e. The van der Waals surface area contributed by atoms with Gasteiger partial charge in [0.2, 0.25) is 0 Å². The summed E-state index contributed by atoms with van der Waals surface area (Å²) in [7, 11) is 0. The Morgan fingerprint density at radius 3 is 3.00 bits per heavy atom. The Labute approximate surface area is 121 Å². The van der Waals surface area contributed by atoms with Crippen LogP contribution in [-0.4, -0.2) is 27.3 Å². The lowest BCUT2D eigenvalue weighted by Gasteiger charge is -2.25. The van der Waals surface area contributed by atoms with E-state index in [1.165, 1.54) is 6.20 Å². The highest BCUT2D eigenvalue weighted by Crippen LogP contribution is 2.24. The third-order valence-electron chi connectivity index (χ3n) is 3.57. The molecule has 1 aliphatic heterocycles. The zero-order valence-corrected chi connectivity index (χ0v) is 12.0. The average Bonchev–Trinajstić information content (AvgIpc) is 2.90. The van der Waals surface area contributed by atoms with Crippen LogP contribution in [0, 0.1) is 0 Å². The van der Waals surface area contributed by atoms with Crippen molar-refractivity contribution < 1.29 is 9.21 Å². The third-order valence-corrected chi connectivity index (χ3v) is 3.57. The van der Waals surface area contributed by atoms with Crippen LogP contribution in [0.3, 0.4) is 0 Å². The molecular weight excluding hydrogens is 270 g/mol. The molecule has 0 fully saturated rings. The maximum absolute atomic E-state index is 12.4. The van der Waals surface area contributed by atoms with E-state index in [4.69, 9.17) is 4.42 Å². The van der Waals surface area contributed by atoms with Gasteiger partial charge in [0.05, 0.1) is 6.54 Å². The topological polar surface area (TPSA) is 79.2 Å². The lowest BCUT2D eigenvalue weighted by atomic mass is 10.1. The van der Waals surface area contributed by atoms with E-state index in [1.54, 1.807) is 17.0 Å². The second-order valence-electron chi connectivity index (χ2n) is 5.47. The average molecular weight is 287 g/mol. The lowest BCUT2D eigenvalue weighted by Crippen LogP contribution is -2.38. The normalized spacial score (nSPS) is 14.3. The van der Waals surface area contributed by atoms with Crippen LogP contribution in [0.5, 0.6) is 0 Å². The fraction of sp³-hybridized carbons (Fsp3) is 0.400. The molecule has 1 amide bonds. The van der Waals surface area contributed by atoms with Gasteiger partial charge in [-0.25, -0.2) is 4.98 Å². The molecule has 0 aliphatic carbocycles. The second-order valence-corrected chi connectivity index (χ2v) is 5.47. The zero-order chi connectivity index (χ0) is 15.0. The predicted octanol–water partition coefficient (Wildman–Crippen LogP) is 1.68. The Morgan fingerprint density at radius 2 is 2.29 bits per heavy atom. The van der Waals surface area contributed by atoms with Crippen LogP contribution in [0.25, 0.3) is 0 Å². The number of amides is 1. The molecule has 0 atom stereocenters. The minimum atomic E-state index is -0.365. The van der Waals surface area contributed by atoms with Gasteiger partial charge in [0.25, 0.3) is 11.5 Å². The summed E-state index contributed by atoms with van der Waals surface area (Å²) < 4.78 is 5.71. The van der Waals surface area contributed by atoms with Crippen molar-refractivity contribution in [2.24, 2.45) is 0 Å². The third kappa shape index (κ3) is 2.49. The van der Waals surface area contributed by atoms with Crippen molar-refractivity contribution >= 4 is 5.91 Å². The van der Waals surface area contributed by atoms with Gasteiger partial charge < -0.3 is 14.3 Å². The molecule has 1 aliphatic rings. The molecule has 110 valence electrons. The molecular formula is C15H17N3O3. The Balaban J connectivity index is 1.84. The quantitative estimate of drug-likeness (QED) is 0.911. The summed E-state index contributed by atoms with van der Waals surface area (Å²) >= 11 is 0. The van der Waals surface area contributed by atoms with Gasteiger partial charge in [0, 0.05) is 25.1 Å². The van der Waals surface area contributed by atoms with Crippen LogP contribution in [0.2, 0.25) is 0 Å². The number of aromatic amines is 1. The van der Waals surface area contributed by atoms with Gasteiger partial charge in [0.15, 0.2) is 5.89 Å². The van der Waals surface area contributed by atoms with Gasteiger partial charge >= 0.3 is 0 Å². The molecule has 2 aromatic rings. The first-order valence-electron chi connectivity index (χ1n) is 7.01. The number of nitrogens with one attached hydrogen (secondary N) is 1. The van der Waals surface area contributed by atoms with Gasteiger partial charge in [0.1, 0.15) is 17.0 Å². The number of carbonyl (C=O) groups is 1. The molecule has 0 bridgehead atoms. The predicted molar refractivity (Wildman–Crippen MR) is 76.1 cm³/mol. The number of hydrogen-bond acceptors (Lipinski definition) is 4. The summed E-state index contributed by atoms with van der Waals surface area (Å²) in [6.45, 7) is 4.96. The van der Waals surface area contributed by atoms with Crippen molar-refractivity contribution in [2.45, 2.75) is 32.7 Å². The van der Waals surface area contributed by atoms with E-state index in [-0.39, 0.29) is 22.9 Å². The lowest BCUT2D eigenvalue weighted by molar-refractivity contribution is 0.0726. The molecule has 6 nitrogen and oxygen atoms in total. The van der Waals surface area contributed by atoms with Gasteiger partial charge in [-0.3, -0.25) is 9.59 Å². The Bertz CT molecular complexity index is 730. The highest BCUT2D eigenvalue weighted by Gasteiger charge is 2.27. The van der Waals surface area contributed by atoms with Gasteiger partial charge in [-0.2, -0.15) is 0 Å². The van der Waals surface area contributed by atoms with Crippen molar-refractivity contribution in [3.05, 3.63) is 51.6 Å². The van der Waals surface area contributed by atoms with Gasteiger partial charge in [-0.15, -0.1) is 0 Å². The molecule has 2 aromatic heterocycles. The van der Waals surface area contributed by atoms with Crippen molar-refractivity contribution in [2.75, 3.05) is 6.54 Å². The van der Waals surface area contributed by atoms with Crippen LogP contribution in [0.4, 0.5) is 0 Å². The first-order valence-corrected chi connectivity index (χ1v) is 7.01. The monoisotopic (exact) mass is 287 g/mol. The first-order chi connectivity index (χ1) is 10.1. The van der Waals surface area contributed by atoms with Crippen LogP contribution < -0.4 is 5.56 Å². The number of H-pyrrole nitrogens is 1. The van der Waals surface area contributed by atoms with Gasteiger partial charge in [-0.1, -0.05) is 13.8 Å². The highest BCUT2D eigenvalue weighted by molar-refractivity contribution is 5.93. The van der Waals surface area contributed by atoms with Crippen LogP contribution in [0.1, 0.15) is 47.5 Å². The summed E-state index contributed by atoms with van der Waals surface area (Å²) in [5.74, 6) is 1.50. The molecule has 1 N–H and O–H groups in total. The SMILES string of the molecule is CC(C)c1nc2c(o1)CCN(C(=O)c1ccc[nH]c1=O)C2. The summed E-state index contributed by atoms with van der Waals surface area (Å²) in [5, 5.41) is 0. The molecule has 0 saturated heterocycles. The Hall–Kier alpha value is -2.37. The Kier molecular flexibility index (Phi) is 3.37. The molecule has 0 aromatic carbocycles. The van der Waals surface area contributed by atoms with Gasteiger partial charge in [-0.05, 0) is 12.1 Å². The number of fused-ring (bicyclic) bond motifs is 1. The number of hydrogen-bond donors (Lipinski definition) is 1. The summed E-state index contributed by atoms with van der Waals surface area (Å²) in [5.41, 5.74) is 0.593. The molecule has 6 heteroatoms. The number of oxazole rings is 1. The second kappa shape index (κ2) is 5.20. The van der Waals surface area contributed by atoms with Crippen molar-refractivity contribution in [3.8, 4) is 0 Å². The van der Waals surface area contributed by atoms with Crippen LogP contribution >= 0.6 is 0 Å². The van der Waals surface area contributed by atoms with E-state index in [1.807, 2.05) is 13.8 Å². The standard InChI is InChI=1S/C15H17N3O3/c1-9(2)14-17-11-8-18(7-5-12(11)21-14)15(20)10-4-3-6-16-13(10)19/h3-4,6,9H,5,7-8H2,1-2H3,(H,16,19). The van der Waals surface area contributed by atoms with E-state index in [0.29, 0.717) is 25.4 Å². The number of aromatic nitrogens is 2. The number of pyridine rings is 1. The minimum Gasteiger partial charge on any atom is -0.445 e. The summed E-state index contributed by atoms with van der Waals surface area (Å²) in [6, 6.07) is 3.19. The van der Waals surface area contributed by atoms with E-state index in [2.05, 4.69) is 9.97 Å². The Morgan fingerprint density at radius 1 is 1.48 bits per heavy atom. The first kappa shape index (κ1) is 13.6. The molecule has 0 radical (unpaired) electrons. The van der Waals surface area contributed by atoms with Crippen molar-refractivity contribution in [3.63, 3.8) is 0 Å². The van der Waals surface area contributed by atoms with Crippen LogP contribution in [-0.2, 0) is 13.0 Å². The smallest absolute Gasteiger partial charge is 0.260 e. The van der Waals surface area contributed by atoms with E-state index in [0.717, 1.165) is 11.5 Å². The zero-order valence-electron chi connectivity index (χ0n) is 12.0. The molecule has 0 unspecified atom stereocenters. The van der Waals surface area contributed by atoms with E-state index in [9.17, 15) is 9.59 Å². The summed E-state index contributed by atoms with van der Waals surface area (Å²) in [4.78, 5) is 32.7. The molecule has 0 saturated carbocycles. The van der Waals surface area contributed by atoms with Crippen molar-refractivity contribution in [1.82, 2.24) is 14.9 Å². The fourth-order valence-corrected chi connectivity index (χ4v) is 2.40. The highest BCUT2D eigenvalue weighted by atomic mass is 16.4. The van der Waals surface area contributed by atoms with E-state index < -0.39 is 0 Å². The maximum Gasteiger partial charge on any atom is 0.260 e. The molecule has 3 heterocycles. The summed E-state index contributed by atoms with van der Waals surface area (Å²) in [6.07, 6.45) is 2.14. The van der Waals surface area contributed by atoms with E-state index >= 15 is 0 Å².